The number of benzene rings is 3. The van der Waals surface area contributed by atoms with Gasteiger partial charge in [-0.05, 0) is 141 Å². The third kappa shape index (κ3) is 8.63. The molecule has 65 heavy (non-hydrogen) atoms. The van der Waals surface area contributed by atoms with Gasteiger partial charge in [-0.1, -0.05) is 29.4 Å². The first-order valence-electron chi connectivity index (χ1n) is 22.1. The molecule has 4 unspecified atom stereocenters. The summed E-state index contributed by atoms with van der Waals surface area (Å²) in [5.74, 6) is 1.09. The predicted molar refractivity (Wildman–Crippen MR) is 245 cm³/mol. The fourth-order valence-electron chi connectivity index (χ4n) is 10.1. The summed E-state index contributed by atoms with van der Waals surface area (Å²) in [6.07, 6.45) is 8.12. The summed E-state index contributed by atoms with van der Waals surface area (Å²) in [5.41, 5.74) is 9.31. The van der Waals surface area contributed by atoms with Gasteiger partial charge in [0.2, 0.25) is 5.82 Å². The molecule has 14 heteroatoms. The number of ether oxygens (including phenoxy) is 1. The number of carboxylic acid groups (broad SMARTS) is 1. The zero-order valence-electron chi connectivity index (χ0n) is 36.8. The van der Waals surface area contributed by atoms with E-state index in [0.717, 1.165) is 68.9 Å². The highest BCUT2D eigenvalue weighted by Crippen LogP contribution is 2.44. The number of ketones is 1. The van der Waals surface area contributed by atoms with Gasteiger partial charge < -0.3 is 24.1 Å². The fraction of sp³-hybridized carbons (Fsp3) is 0.373. The molecule has 3 aromatic carbocycles. The number of alkyl halides is 1. The van der Waals surface area contributed by atoms with Crippen LogP contribution in [0.4, 0.5) is 10.2 Å². The SMILES string of the molecule is CC(=O)CC1CCc2c1ccc(-c1ncc(-c3ccc(OC(C)CCC4(F)CCN(c5ncc(-c6nc(-c7ccc8c(c7C)CCC8CC(=O)O)no6)cc5C#N)C4)c(C#N)c3)s1)c2C. The first kappa shape index (κ1) is 43.5. The van der Waals surface area contributed by atoms with E-state index in [0.29, 0.717) is 47.9 Å². The van der Waals surface area contributed by atoms with Crippen molar-refractivity contribution in [2.45, 2.75) is 109 Å². The lowest BCUT2D eigenvalue weighted by Crippen LogP contribution is -2.31. The van der Waals surface area contributed by atoms with Crippen molar-refractivity contribution in [1.82, 2.24) is 20.1 Å². The van der Waals surface area contributed by atoms with Gasteiger partial charge in [0.1, 0.15) is 40.2 Å². The predicted octanol–water partition coefficient (Wildman–Crippen LogP) is 10.6. The molecule has 0 bridgehead atoms. The minimum atomic E-state index is -1.54. The van der Waals surface area contributed by atoms with E-state index in [9.17, 15) is 25.2 Å². The zero-order valence-corrected chi connectivity index (χ0v) is 37.6. The molecule has 0 amide bonds. The van der Waals surface area contributed by atoms with Crippen LogP contribution in [0, 0.1) is 36.5 Å². The number of hydrogen-bond acceptors (Lipinski definition) is 12. The molecule has 0 saturated carbocycles. The van der Waals surface area contributed by atoms with Crippen molar-refractivity contribution in [3.8, 4) is 61.7 Å². The van der Waals surface area contributed by atoms with E-state index in [2.05, 4.69) is 46.3 Å². The van der Waals surface area contributed by atoms with Crippen molar-refractivity contribution < 1.29 is 28.3 Å². The maximum Gasteiger partial charge on any atom is 0.303 e. The Hall–Kier alpha value is -6.77. The number of aromatic nitrogens is 4. The van der Waals surface area contributed by atoms with Crippen LogP contribution in [-0.4, -0.2) is 61.8 Å². The summed E-state index contributed by atoms with van der Waals surface area (Å²) in [6, 6.07) is 19.8. The number of hydrogen-bond donors (Lipinski definition) is 1. The Balaban J connectivity index is 0.816. The Kier molecular flexibility index (Phi) is 11.8. The van der Waals surface area contributed by atoms with E-state index in [1.54, 1.807) is 41.5 Å². The topological polar surface area (TPSA) is 179 Å². The number of carbonyl (C=O) groups is 2. The van der Waals surface area contributed by atoms with Crippen molar-refractivity contribution >= 4 is 28.9 Å². The second kappa shape index (κ2) is 17.7. The Labute approximate surface area is 380 Å². The smallest absolute Gasteiger partial charge is 0.303 e. The Bertz CT molecular complexity index is 2950. The first-order chi connectivity index (χ1) is 31.3. The number of anilines is 1. The number of carbonyl (C=O) groups excluding carboxylic acids is 1. The van der Waals surface area contributed by atoms with Crippen LogP contribution in [0.1, 0.15) is 115 Å². The second-order valence-electron chi connectivity index (χ2n) is 17.9. The number of Topliss-reactive ketones (excluding diaryl/α,β-unsaturated/α-hetero) is 1. The highest BCUT2D eigenvalue weighted by Gasteiger charge is 2.40. The molecule has 1 aliphatic heterocycles. The number of fused-ring (bicyclic) bond motifs is 2. The van der Waals surface area contributed by atoms with Gasteiger partial charge in [-0.25, -0.2) is 14.4 Å². The van der Waals surface area contributed by atoms with Crippen LogP contribution in [-0.2, 0) is 22.4 Å². The van der Waals surface area contributed by atoms with Crippen LogP contribution in [0.5, 0.6) is 5.75 Å². The minimum absolute atomic E-state index is 0.0113. The van der Waals surface area contributed by atoms with Crippen molar-refractivity contribution in [1.29, 1.82) is 10.5 Å². The minimum Gasteiger partial charge on any atom is -0.489 e. The maximum absolute atomic E-state index is 16.4. The molecule has 4 heterocycles. The third-order valence-corrected chi connectivity index (χ3v) is 14.6. The lowest BCUT2D eigenvalue weighted by atomic mass is 9.93. The molecule has 0 radical (unpaired) electrons. The molecule has 1 fully saturated rings. The Morgan fingerprint density at radius 3 is 2.35 bits per heavy atom. The average Bonchev–Trinajstić information content (AvgIpc) is 4.15. The molecule has 12 nitrogen and oxygen atoms in total. The first-order valence-corrected chi connectivity index (χ1v) is 22.9. The molecule has 3 aliphatic rings. The van der Waals surface area contributed by atoms with Crippen molar-refractivity contribution in [2.24, 2.45) is 0 Å². The number of nitriles is 2. The molecule has 2 aliphatic carbocycles. The van der Waals surface area contributed by atoms with E-state index in [-0.39, 0.29) is 61.0 Å². The molecule has 9 rings (SSSR count). The lowest BCUT2D eigenvalue weighted by Gasteiger charge is -2.24. The van der Waals surface area contributed by atoms with Gasteiger partial charge in [0.05, 0.1) is 40.6 Å². The van der Waals surface area contributed by atoms with E-state index < -0.39 is 11.6 Å². The number of halogens is 1. The number of carboxylic acids is 1. The van der Waals surface area contributed by atoms with Crippen LogP contribution in [0.2, 0.25) is 0 Å². The quantitative estimate of drug-likeness (QED) is 0.110. The summed E-state index contributed by atoms with van der Waals surface area (Å²) in [4.78, 5) is 39.9. The standard InChI is InChI=1S/C51H48FN7O5S/c1-28(60)19-32-5-8-39-31(4)41(11-13-42(32)39)50-56-26-45(65-50)34-7-14-44(35(20-34)23-53)63-29(2)15-16-51(52)17-18-59(27-51)48-36(24-54)21-37(25-55-48)49-57-47(58-64-49)40-10-12-43-33(22-46(61)62)6-9-38(43)30(40)3/h7,10-14,20-21,25-26,29,32-33H,5-6,8-9,15-19,22,27H2,1-4H3,(H,61,62). The van der Waals surface area contributed by atoms with Gasteiger partial charge in [0.25, 0.3) is 5.89 Å². The molecule has 1 N–H and O–H groups in total. The molecule has 1 saturated heterocycles. The molecule has 0 spiro atoms. The second-order valence-corrected chi connectivity index (χ2v) is 18.9. The average molecular weight is 890 g/mol. The molecule has 3 aromatic heterocycles. The van der Waals surface area contributed by atoms with Gasteiger partial charge in [0, 0.05) is 42.9 Å². The van der Waals surface area contributed by atoms with Crippen molar-refractivity contribution in [3.05, 3.63) is 105 Å². The van der Waals surface area contributed by atoms with E-state index in [1.165, 1.54) is 16.7 Å². The number of thiazole rings is 1. The van der Waals surface area contributed by atoms with E-state index in [4.69, 9.17) is 14.2 Å². The molecular formula is C51H48FN7O5S. The molecule has 4 atom stereocenters. The van der Waals surface area contributed by atoms with Gasteiger partial charge in [0.15, 0.2) is 0 Å². The van der Waals surface area contributed by atoms with Crippen LogP contribution in [0.25, 0.3) is 43.9 Å². The van der Waals surface area contributed by atoms with Gasteiger partial charge in [-0.3, -0.25) is 4.79 Å². The van der Waals surface area contributed by atoms with Gasteiger partial charge in [-0.15, -0.1) is 11.3 Å². The van der Waals surface area contributed by atoms with Crippen molar-refractivity contribution in [3.63, 3.8) is 0 Å². The van der Waals surface area contributed by atoms with Crippen molar-refractivity contribution in [2.75, 3.05) is 18.0 Å². The zero-order chi connectivity index (χ0) is 45.6. The highest BCUT2D eigenvalue weighted by atomic mass is 32.1. The fourth-order valence-corrected chi connectivity index (χ4v) is 11.1. The molecule has 6 aromatic rings. The van der Waals surface area contributed by atoms with Crippen LogP contribution >= 0.6 is 11.3 Å². The maximum atomic E-state index is 16.4. The summed E-state index contributed by atoms with van der Waals surface area (Å²) in [7, 11) is 0. The van der Waals surface area contributed by atoms with Crippen LogP contribution < -0.4 is 9.64 Å². The summed E-state index contributed by atoms with van der Waals surface area (Å²) < 4.78 is 28.3. The Morgan fingerprint density at radius 2 is 1.65 bits per heavy atom. The number of pyridine rings is 1. The summed E-state index contributed by atoms with van der Waals surface area (Å²) >= 11 is 1.57. The molecule has 330 valence electrons. The lowest BCUT2D eigenvalue weighted by molar-refractivity contribution is -0.137. The number of rotatable bonds is 14. The number of aliphatic carboxylic acids is 1. The largest absolute Gasteiger partial charge is 0.489 e. The molecular weight excluding hydrogens is 842 g/mol. The monoisotopic (exact) mass is 889 g/mol. The van der Waals surface area contributed by atoms with E-state index in [1.807, 2.05) is 44.3 Å². The normalized spacial score (nSPS) is 19.1. The Morgan fingerprint density at radius 1 is 0.954 bits per heavy atom. The van der Waals surface area contributed by atoms with Crippen LogP contribution in [0.15, 0.2) is 65.4 Å². The summed E-state index contributed by atoms with van der Waals surface area (Å²) in [5, 5.41) is 34.7. The van der Waals surface area contributed by atoms with E-state index >= 15 is 4.39 Å². The van der Waals surface area contributed by atoms with Crippen LogP contribution in [0.3, 0.4) is 0 Å². The number of nitrogens with zero attached hydrogens (tertiary/aromatic N) is 7. The van der Waals surface area contributed by atoms with Gasteiger partial charge in [-0.2, -0.15) is 15.5 Å². The highest BCUT2D eigenvalue weighted by molar-refractivity contribution is 7.18. The third-order valence-electron chi connectivity index (χ3n) is 13.5. The van der Waals surface area contributed by atoms with Gasteiger partial charge >= 0.3 is 5.97 Å². The summed E-state index contributed by atoms with van der Waals surface area (Å²) in [6.45, 7) is 8.11.